The Kier molecular flexibility index (Phi) is 5.03. The molecule has 0 amide bonds. The van der Waals surface area contributed by atoms with E-state index in [1.165, 1.54) is 36.3 Å². The lowest BCUT2D eigenvalue weighted by Crippen LogP contribution is -2.02. The molecular formula is C37H22N4S. The highest BCUT2D eigenvalue weighted by molar-refractivity contribution is 7.27. The van der Waals surface area contributed by atoms with Gasteiger partial charge in [0.25, 0.3) is 0 Å². The van der Waals surface area contributed by atoms with E-state index in [9.17, 15) is 0 Å². The van der Waals surface area contributed by atoms with Gasteiger partial charge in [-0.15, -0.1) is 11.3 Å². The van der Waals surface area contributed by atoms with E-state index in [-0.39, 0.29) is 0 Å². The van der Waals surface area contributed by atoms with E-state index in [1.807, 2.05) is 48.0 Å². The first-order valence-corrected chi connectivity index (χ1v) is 14.8. The molecule has 0 atom stereocenters. The van der Waals surface area contributed by atoms with Crippen LogP contribution in [-0.2, 0) is 0 Å². The van der Waals surface area contributed by atoms with Gasteiger partial charge in [0.2, 0.25) is 0 Å². The van der Waals surface area contributed by atoms with Gasteiger partial charge >= 0.3 is 0 Å². The zero-order valence-electron chi connectivity index (χ0n) is 22.4. The Morgan fingerprint density at radius 1 is 0.571 bits per heavy atom. The standard InChI is InChI=1S/C37H22N4S/c1-3-11-23(12-4-1)29-21-32(40-37(39-29)24-13-5-2-6-14-24)41-30-22-38-20-19-27(30)33-25-15-7-8-16-26(25)34-28-17-9-10-18-31(28)42-36(34)35(33)41/h1-22H. The summed E-state index contributed by atoms with van der Waals surface area (Å²) in [4.78, 5) is 14.9. The molecule has 0 N–H and O–H groups in total. The molecule has 0 saturated carbocycles. The second-order valence-corrected chi connectivity index (χ2v) is 11.5. The van der Waals surface area contributed by atoms with Crippen molar-refractivity contribution < 1.29 is 0 Å². The highest BCUT2D eigenvalue weighted by Gasteiger charge is 2.23. The van der Waals surface area contributed by atoms with Crippen LogP contribution in [0.25, 0.3) is 81.2 Å². The van der Waals surface area contributed by atoms with Crippen molar-refractivity contribution >= 4 is 64.1 Å². The maximum Gasteiger partial charge on any atom is 0.162 e. The number of nitrogens with zero attached hydrogens (tertiary/aromatic N) is 4. The zero-order valence-corrected chi connectivity index (χ0v) is 23.2. The third-order valence-corrected chi connectivity index (χ3v) is 9.27. The number of hydrogen-bond donors (Lipinski definition) is 0. The number of hydrogen-bond acceptors (Lipinski definition) is 4. The number of pyridine rings is 1. The smallest absolute Gasteiger partial charge is 0.162 e. The molecule has 9 aromatic rings. The summed E-state index contributed by atoms with van der Waals surface area (Å²) >= 11 is 1.85. The van der Waals surface area contributed by atoms with Gasteiger partial charge < -0.3 is 0 Å². The Balaban J connectivity index is 1.50. The second kappa shape index (κ2) is 9.06. The zero-order chi connectivity index (χ0) is 27.6. The molecule has 0 fully saturated rings. The van der Waals surface area contributed by atoms with E-state index in [0.29, 0.717) is 5.82 Å². The van der Waals surface area contributed by atoms with Gasteiger partial charge in [-0.3, -0.25) is 9.55 Å². The quantitative estimate of drug-likeness (QED) is 0.218. The van der Waals surface area contributed by atoms with Crippen LogP contribution in [0.3, 0.4) is 0 Å². The third kappa shape index (κ3) is 3.38. The van der Waals surface area contributed by atoms with Crippen molar-refractivity contribution in [3.63, 3.8) is 0 Å². The minimum atomic E-state index is 0.694. The van der Waals surface area contributed by atoms with E-state index >= 15 is 0 Å². The average Bonchev–Trinajstić information content (AvgIpc) is 3.62. The van der Waals surface area contributed by atoms with Gasteiger partial charge in [0.1, 0.15) is 5.82 Å². The fourth-order valence-electron chi connectivity index (χ4n) is 6.28. The van der Waals surface area contributed by atoms with Crippen LogP contribution >= 0.6 is 11.3 Å². The lowest BCUT2D eigenvalue weighted by Gasteiger charge is -2.13. The van der Waals surface area contributed by atoms with Crippen molar-refractivity contribution in [1.82, 2.24) is 19.5 Å². The topological polar surface area (TPSA) is 43.6 Å². The molecule has 4 aromatic heterocycles. The van der Waals surface area contributed by atoms with E-state index in [2.05, 4.69) is 107 Å². The van der Waals surface area contributed by atoms with E-state index in [1.54, 1.807) is 0 Å². The molecule has 5 aromatic carbocycles. The summed E-state index contributed by atoms with van der Waals surface area (Å²) in [7, 11) is 0. The number of benzene rings is 5. The molecule has 0 unspecified atom stereocenters. The third-order valence-electron chi connectivity index (χ3n) is 8.09. The van der Waals surface area contributed by atoms with Gasteiger partial charge in [-0.05, 0) is 22.9 Å². The number of fused-ring (bicyclic) bond motifs is 10. The molecule has 4 heterocycles. The summed E-state index contributed by atoms with van der Waals surface area (Å²) < 4.78 is 4.84. The molecule has 9 rings (SSSR count). The highest BCUT2D eigenvalue weighted by atomic mass is 32.1. The molecule has 0 aliphatic carbocycles. The van der Waals surface area contributed by atoms with E-state index in [0.717, 1.165) is 39.1 Å². The fourth-order valence-corrected chi connectivity index (χ4v) is 7.54. The largest absolute Gasteiger partial charge is 0.291 e. The SMILES string of the molecule is c1ccc(-c2cc(-n3c4cnccc4c4c5ccccc5c5c6ccccc6sc5c43)nc(-c3ccccc3)n2)cc1. The Labute approximate surface area is 245 Å². The maximum atomic E-state index is 5.24. The number of rotatable bonds is 3. The van der Waals surface area contributed by atoms with E-state index < -0.39 is 0 Å². The molecule has 5 heteroatoms. The molecule has 0 saturated heterocycles. The highest BCUT2D eigenvalue weighted by Crippen LogP contribution is 2.47. The first kappa shape index (κ1) is 23.3. The van der Waals surface area contributed by atoms with Crippen LogP contribution in [0.2, 0.25) is 0 Å². The maximum absolute atomic E-state index is 5.24. The summed E-state index contributed by atoms with van der Waals surface area (Å²) in [5.41, 5.74) is 5.10. The van der Waals surface area contributed by atoms with E-state index in [4.69, 9.17) is 9.97 Å². The van der Waals surface area contributed by atoms with Crippen LogP contribution in [0.15, 0.2) is 134 Å². The van der Waals surface area contributed by atoms with Crippen molar-refractivity contribution in [3.8, 4) is 28.5 Å². The summed E-state index contributed by atoms with van der Waals surface area (Å²) in [6.45, 7) is 0. The minimum absolute atomic E-state index is 0.694. The molecule has 4 nitrogen and oxygen atoms in total. The van der Waals surface area contributed by atoms with Gasteiger partial charge in [0, 0.05) is 49.6 Å². The van der Waals surface area contributed by atoms with Crippen LogP contribution < -0.4 is 0 Å². The number of thiophene rings is 1. The first-order valence-electron chi connectivity index (χ1n) is 14.0. The van der Waals surface area contributed by atoms with Gasteiger partial charge in [0.05, 0.1) is 27.6 Å². The van der Waals surface area contributed by atoms with Crippen LogP contribution in [0.1, 0.15) is 0 Å². The molecule has 0 bridgehead atoms. The van der Waals surface area contributed by atoms with Crippen LogP contribution in [0, 0.1) is 0 Å². The van der Waals surface area contributed by atoms with Crippen LogP contribution in [0.4, 0.5) is 0 Å². The van der Waals surface area contributed by atoms with Crippen LogP contribution in [0.5, 0.6) is 0 Å². The lowest BCUT2D eigenvalue weighted by molar-refractivity contribution is 1.05. The molecule has 0 radical (unpaired) electrons. The van der Waals surface area contributed by atoms with Gasteiger partial charge in [0.15, 0.2) is 5.82 Å². The average molecular weight is 555 g/mol. The molecule has 0 spiro atoms. The summed E-state index contributed by atoms with van der Waals surface area (Å²) in [5.74, 6) is 1.52. The summed E-state index contributed by atoms with van der Waals surface area (Å²) in [6, 6.07) is 42.3. The van der Waals surface area contributed by atoms with Crippen molar-refractivity contribution in [1.29, 1.82) is 0 Å². The molecule has 0 aliphatic rings. The Bertz CT molecular complexity index is 2400. The van der Waals surface area contributed by atoms with Crippen molar-refractivity contribution in [2.45, 2.75) is 0 Å². The van der Waals surface area contributed by atoms with Crippen LogP contribution in [-0.4, -0.2) is 19.5 Å². The predicted octanol–water partition coefficient (Wildman–Crippen LogP) is 9.82. The molecule has 42 heavy (non-hydrogen) atoms. The molecular weight excluding hydrogens is 533 g/mol. The van der Waals surface area contributed by atoms with Gasteiger partial charge in [-0.25, -0.2) is 9.97 Å². The normalized spacial score (nSPS) is 11.8. The van der Waals surface area contributed by atoms with Crippen molar-refractivity contribution in [2.75, 3.05) is 0 Å². The lowest BCUT2D eigenvalue weighted by atomic mass is 9.99. The van der Waals surface area contributed by atoms with Crippen molar-refractivity contribution in [3.05, 3.63) is 134 Å². The second-order valence-electron chi connectivity index (χ2n) is 10.5. The minimum Gasteiger partial charge on any atom is -0.291 e. The fraction of sp³-hybridized carbons (Fsp3) is 0. The Hall–Kier alpha value is -5.39. The Morgan fingerprint density at radius 3 is 2.02 bits per heavy atom. The summed E-state index contributed by atoms with van der Waals surface area (Å²) in [5, 5.41) is 7.46. The van der Waals surface area contributed by atoms with Gasteiger partial charge in [-0.2, -0.15) is 0 Å². The van der Waals surface area contributed by atoms with Crippen molar-refractivity contribution in [2.24, 2.45) is 0 Å². The molecule has 196 valence electrons. The number of aromatic nitrogens is 4. The predicted molar refractivity (Wildman–Crippen MR) is 175 cm³/mol. The first-order chi connectivity index (χ1) is 20.8. The Morgan fingerprint density at radius 2 is 1.24 bits per heavy atom. The summed E-state index contributed by atoms with van der Waals surface area (Å²) in [6.07, 6.45) is 3.86. The molecule has 0 aliphatic heterocycles. The van der Waals surface area contributed by atoms with Gasteiger partial charge in [-0.1, -0.05) is 103 Å². The monoisotopic (exact) mass is 554 g/mol.